The van der Waals surface area contributed by atoms with Gasteiger partial charge in [0.2, 0.25) is 11.8 Å². The summed E-state index contributed by atoms with van der Waals surface area (Å²) < 4.78 is 0. The Morgan fingerprint density at radius 3 is 2.30 bits per heavy atom. The highest BCUT2D eigenvalue weighted by Gasteiger charge is 2.23. The van der Waals surface area contributed by atoms with Crippen molar-refractivity contribution in [2.45, 2.75) is 32.1 Å². The maximum atomic E-state index is 11.5. The van der Waals surface area contributed by atoms with Crippen LogP contribution in [0, 0.1) is 0 Å². The van der Waals surface area contributed by atoms with Crippen molar-refractivity contribution >= 4 is 23.6 Å². The molecule has 0 aromatic heterocycles. The highest BCUT2D eigenvalue weighted by atomic mass is 16.2. The molecule has 7 heteroatoms. The maximum Gasteiger partial charge on any atom is 0.253 e. The number of carbonyl (C=O) groups is 4. The molecule has 0 atom stereocenters. The molecule has 1 heterocycles. The van der Waals surface area contributed by atoms with Gasteiger partial charge in [-0.15, -0.1) is 0 Å². The zero-order valence-electron chi connectivity index (χ0n) is 11.3. The van der Waals surface area contributed by atoms with E-state index in [1.807, 2.05) is 0 Å². The lowest BCUT2D eigenvalue weighted by molar-refractivity contribution is -0.137. The number of unbranched alkanes of at least 4 members (excludes halogenated alkanes) is 2. The number of nitrogens with zero attached hydrogens (tertiary/aromatic N) is 1. The van der Waals surface area contributed by atoms with E-state index in [4.69, 9.17) is 5.73 Å². The first-order valence-electron chi connectivity index (χ1n) is 6.59. The van der Waals surface area contributed by atoms with E-state index in [9.17, 15) is 19.2 Å². The van der Waals surface area contributed by atoms with Gasteiger partial charge >= 0.3 is 0 Å². The van der Waals surface area contributed by atoms with Gasteiger partial charge in [-0.1, -0.05) is 6.42 Å². The lowest BCUT2D eigenvalue weighted by atomic mass is 10.2. The van der Waals surface area contributed by atoms with Gasteiger partial charge in [0.1, 0.15) is 0 Å². The molecule has 4 amide bonds. The summed E-state index contributed by atoms with van der Waals surface area (Å²) in [5, 5.41) is 2.70. The van der Waals surface area contributed by atoms with Crippen LogP contribution in [0.5, 0.6) is 0 Å². The summed E-state index contributed by atoms with van der Waals surface area (Å²) in [6.07, 6.45) is 5.14. The normalized spacial score (nSPS) is 13.9. The zero-order chi connectivity index (χ0) is 15.0. The molecule has 0 aromatic rings. The molecule has 0 spiro atoms. The lowest BCUT2D eigenvalue weighted by Gasteiger charge is -2.13. The van der Waals surface area contributed by atoms with E-state index in [1.54, 1.807) is 0 Å². The lowest BCUT2D eigenvalue weighted by Crippen LogP contribution is -2.34. The molecular formula is C13H19N3O4. The molecule has 0 unspecified atom stereocenters. The predicted molar refractivity (Wildman–Crippen MR) is 71.1 cm³/mol. The summed E-state index contributed by atoms with van der Waals surface area (Å²) in [7, 11) is 0. The van der Waals surface area contributed by atoms with Crippen LogP contribution in [0.15, 0.2) is 12.2 Å². The molecule has 0 saturated heterocycles. The van der Waals surface area contributed by atoms with E-state index in [1.165, 1.54) is 12.2 Å². The first-order chi connectivity index (χ1) is 9.50. The minimum absolute atomic E-state index is 0.0954. The van der Waals surface area contributed by atoms with Crippen molar-refractivity contribution in [3.05, 3.63) is 12.2 Å². The van der Waals surface area contributed by atoms with E-state index in [2.05, 4.69) is 5.32 Å². The van der Waals surface area contributed by atoms with Crippen LogP contribution in [0.4, 0.5) is 0 Å². The topological polar surface area (TPSA) is 110 Å². The number of amides is 4. The van der Waals surface area contributed by atoms with Gasteiger partial charge in [0.25, 0.3) is 11.8 Å². The summed E-state index contributed by atoms with van der Waals surface area (Å²) in [6.45, 7) is 0.607. The van der Waals surface area contributed by atoms with Crippen LogP contribution < -0.4 is 11.1 Å². The van der Waals surface area contributed by atoms with E-state index in [0.29, 0.717) is 19.4 Å². The van der Waals surface area contributed by atoms with E-state index in [-0.39, 0.29) is 36.6 Å². The summed E-state index contributed by atoms with van der Waals surface area (Å²) in [6, 6.07) is 0. The fraction of sp³-hybridized carbons (Fsp3) is 0.538. The first kappa shape index (κ1) is 15.9. The number of primary amides is 1. The van der Waals surface area contributed by atoms with Crippen LogP contribution in [0.3, 0.4) is 0 Å². The highest BCUT2D eigenvalue weighted by molar-refractivity contribution is 6.13. The van der Waals surface area contributed by atoms with Gasteiger partial charge in [0.05, 0.1) is 0 Å². The Morgan fingerprint density at radius 1 is 1.05 bits per heavy atom. The van der Waals surface area contributed by atoms with Crippen LogP contribution >= 0.6 is 0 Å². The van der Waals surface area contributed by atoms with Crippen molar-refractivity contribution in [1.29, 1.82) is 0 Å². The largest absolute Gasteiger partial charge is 0.370 e. The molecular weight excluding hydrogens is 262 g/mol. The molecule has 0 saturated carbocycles. The molecule has 0 fully saturated rings. The van der Waals surface area contributed by atoms with Crippen molar-refractivity contribution in [3.63, 3.8) is 0 Å². The Balaban J connectivity index is 2.05. The van der Waals surface area contributed by atoms with Gasteiger partial charge in [-0.05, 0) is 12.8 Å². The van der Waals surface area contributed by atoms with E-state index >= 15 is 0 Å². The SMILES string of the molecule is NC(=O)CCCCCNC(=O)CCN1C(=O)C=CC1=O. The Hall–Kier alpha value is -2.18. The minimum atomic E-state index is -0.380. The third kappa shape index (κ3) is 5.64. The van der Waals surface area contributed by atoms with Gasteiger partial charge in [-0.3, -0.25) is 24.1 Å². The fourth-order valence-electron chi connectivity index (χ4n) is 1.78. The van der Waals surface area contributed by atoms with Crippen molar-refractivity contribution in [1.82, 2.24) is 10.2 Å². The van der Waals surface area contributed by atoms with Crippen molar-refractivity contribution in [3.8, 4) is 0 Å². The molecule has 0 bridgehead atoms. The summed E-state index contributed by atoms with van der Waals surface area (Å²) >= 11 is 0. The number of rotatable bonds is 9. The third-order valence-corrected chi connectivity index (χ3v) is 2.89. The average Bonchev–Trinajstić information content (AvgIpc) is 2.70. The van der Waals surface area contributed by atoms with Crippen LogP contribution in [0.2, 0.25) is 0 Å². The van der Waals surface area contributed by atoms with E-state index in [0.717, 1.165) is 17.7 Å². The van der Waals surface area contributed by atoms with Gasteiger partial charge in [0, 0.05) is 38.1 Å². The van der Waals surface area contributed by atoms with Crippen molar-refractivity contribution in [2.75, 3.05) is 13.1 Å². The number of carbonyl (C=O) groups excluding carboxylic acids is 4. The van der Waals surface area contributed by atoms with Crippen LogP contribution in [0.1, 0.15) is 32.1 Å². The monoisotopic (exact) mass is 281 g/mol. The average molecular weight is 281 g/mol. The molecule has 1 rings (SSSR count). The third-order valence-electron chi connectivity index (χ3n) is 2.89. The molecule has 20 heavy (non-hydrogen) atoms. The molecule has 1 aliphatic rings. The Labute approximate surface area is 117 Å². The minimum Gasteiger partial charge on any atom is -0.370 e. The standard InChI is InChI=1S/C13H19N3O4/c14-10(17)4-2-1-3-8-15-11(18)7-9-16-12(19)5-6-13(16)20/h5-6H,1-4,7-9H2,(H2,14,17)(H,15,18). The second kappa shape index (κ2) is 8.08. The maximum absolute atomic E-state index is 11.5. The smallest absolute Gasteiger partial charge is 0.253 e. The van der Waals surface area contributed by atoms with Gasteiger partial charge in [0.15, 0.2) is 0 Å². The molecule has 0 radical (unpaired) electrons. The molecule has 1 aliphatic heterocycles. The van der Waals surface area contributed by atoms with Crippen molar-refractivity contribution in [2.24, 2.45) is 5.73 Å². The zero-order valence-corrected chi connectivity index (χ0v) is 11.3. The summed E-state index contributed by atoms with van der Waals surface area (Å²) in [5.41, 5.74) is 5.00. The molecule has 3 N–H and O–H groups in total. The van der Waals surface area contributed by atoms with Crippen LogP contribution in [-0.4, -0.2) is 41.6 Å². The van der Waals surface area contributed by atoms with Gasteiger partial charge in [-0.2, -0.15) is 0 Å². The number of hydrogen-bond acceptors (Lipinski definition) is 4. The van der Waals surface area contributed by atoms with E-state index < -0.39 is 0 Å². The second-order valence-corrected chi connectivity index (χ2v) is 4.54. The number of hydrogen-bond donors (Lipinski definition) is 2. The highest BCUT2D eigenvalue weighted by Crippen LogP contribution is 2.04. The summed E-state index contributed by atoms with van der Waals surface area (Å²) in [5.74, 6) is -1.28. The molecule has 0 aromatic carbocycles. The van der Waals surface area contributed by atoms with Gasteiger partial charge < -0.3 is 11.1 Å². The van der Waals surface area contributed by atoms with Crippen LogP contribution in [-0.2, 0) is 19.2 Å². The molecule has 7 nitrogen and oxygen atoms in total. The fourth-order valence-corrected chi connectivity index (χ4v) is 1.78. The molecule has 110 valence electrons. The number of nitrogens with two attached hydrogens (primary N) is 1. The second-order valence-electron chi connectivity index (χ2n) is 4.54. The Bertz CT molecular complexity index is 413. The molecule has 0 aliphatic carbocycles. The number of imide groups is 1. The quantitative estimate of drug-likeness (QED) is 0.437. The predicted octanol–water partition coefficient (Wildman–Crippen LogP) is -0.537. The van der Waals surface area contributed by atoms with Crippen molar-refractivity contribution < 1.29 is 19.2 Å². The number of nitrogens with one attached hydrogen (secondary N) is 1. The Kier molecular flexibility index (Phi) is 6.42. The Morgan fingerprint density at radius 2 is 1.70 bits per heavy atom. The van der Waals surface area contributed by atoms with Crippen LogP contribution in [0.25, 0.3) is 0 Å². The van der Waals surface area contributed by atoms with Gasteiger partial charge in [-0.25, -0.2) is 0 Å². The summed E-state index contributed by atoms with van der Waals surface area (Å²) in [4.78, 5) is 45.5. The first-order valence-corrected chi connectivity index (χ1v) is 6.59.